The molecule has 1 saturated heterocycles. The minimum atomic E-state index is -0.0284. The second-order valence-corrected chi connectivity index (χ2v) is 5.71. The number of carbonyl (C=O) groups excluding carboxylic acids is 1. The highest BCUT2D eigenvalue weighted by Gasteiger charge is 2.28. The molecule has 1 aromatic rings. The summed E-state index contributed by atoms with van der Waals surface area (Å²) in [6.45, 7) is 5.64. The quantitative estimate of drug-likeness (QED) is 0.898. The molecule has 1 aliphatic heterocycles. The van der Waals surface area contributed by atoms with Crippen LogP contribution in [0.25, 0.3) is 0 Å². The molecule has 1 fully saturated rings. The van der Waals surface area contributed by atoms with Gasteiger partial charge in [-0.25, -0.2) is 0 Å². The van der Waals surface area contributed by atoms with Crippen LogP contribution in [0.15, 0.2) is 24.3 Å². The summed E-state index contributed by atoms with van der Waals surface area (Å²) in [5.74, 6) is 1.26. The maximum Gasteiger partial charge on any atom is 0.254 e. The van der Waals surface area contributed by atoms with Gasteiger partial charge in [0.2, 0.25) is 0 Å². The Balaban J connectivity index is 2.00. The number of nitrogens with zero attached hydrogens (tertiary/aromatic N) is 1. The smallest absolute Gasteiger partial charge is 0.254 e. The van der Waals surface area contributed by atoms with E-state index in [4.69, 9.17) is 4.74 Å². The van der Waals surface area contributed by atoms with Crippen molar-refractivity contribution in [2.75, 3.05) is 19.8 Å². The van der Waals surface area contributed by atoms with Gasteiger partial charge in [0.25, 0.3) is 5.91 Å². The van der Waals surface area contributed by atoms with E-state index in [0.29, 0.717) is 18.1 Å². The van der Waals surface area contributed by atoms with E-state index in [1.165, 1.54) is 0 Å². The zero-order valence-electron chi connectivity index (χ0n) is 12.2. The van der Waals surface area contributed by atoms with Crippen molar-refractivity contribution in [1.29, 1.82) is 0 Å². The molecule has 0 aliphatic carbocycles. The molecule has 0 radical (unpaired) electrons. The van der Waals surface area contributed by atoms with Gasteiger partial charge in [0.15, 0.2) is 0 Å². The van der Waals surface area contributed by atoms with Crippen molar-refractivity contribution in [2.24, 2.45) is 5.92 Å². The van der Waals surface area contributed by atoms with E-state index < -0.39 is 0 Å². The highest BCUT2D eigenvalue weighted by Crippen LogP contribution is 2.21. The molecule has 110 valence electrons. The highest BCUT2D eigenvalue weighted by atomic mass is 16.5. The fraction of sp³-hybridized carbons (Fsp3) is 0.562. The summed E-state index contributed by atoms with van der Waals surface area (Å²) >= 11 is 0. The molecule has 1 N–H and O–H groups in total. The topological polar surface area (TPSA) is 49.8 Å². The van der Waals surface area contributed by atoms with Gasteiger partial charge in [-0.1, -0.05) is 13.8 Å². The Morgan fingerprint density at radius 2 is 2.10 bits per heavy atom. The minimum absolute atomic E-state index is 0.00282. The molecule has 1 aliphatic rings. The monoisotopic (exact) mass is 277 g/mol. The summed E-state index contributed by atoms with van der Waals surface area (Å²) in [6.07, 6.45) is 1.85. The fourth-order valence-electron chi connectivity index (χ4n) is 2.42. The number of hydrogen-bond acceptors (Lipinski definition) is 3. The zero-order chi connectivity index (χ0) is 14.5. The summed E-state index contributed by atoms with van der Waals surface area (Å²) < 4.78 is 5.61. The number of ether oxygens (including phenoxy) is 1. The second-order valence-electron chi connectivity index (χ2n) is 5.71. The Bertz CT molecular complexity index is 442. The van der Waals surface area contributed by atoms with Crippen LogP contribution in [0.5, 0.6) is 5.75 Å². The zero-order valence-corrected chi connectivity index (χ0v) is 12.2. The molecule has 0 aromatic heterocycles. The van der Waals surface area contributed by atoms with Crippen LogP contribution >= 0.6 is 0 Å². The first-order valence-electron chi connectivity index (χ1n) is 7.26. The lowest BCUT2D eigenvalue weighted by Crippen LogP contribution is -2.37. The maximum atomic E-state index is 12.4. The first-order chi connectivity index (χ1) is 9.61. The number of aliphatic hydroxyl groups is 1. The Morgan fingerprint density at radius 1 is 1.40 bits per heavy atom. The van der Waals surface area contributed by atoms with Crippen molar-refractivity contribution >= 4 is 5.91 Å². The molecule has 4 nitrogen and oxygen atoms in total. The molecule has 0 spiro atoms. The van der Waals surface area contributed by atoms with Crippen molar-refractivity contribution in [2.45, 2.75) is 32.7 Å². The summed E-state index contributed by atoms with van der Waals surface area (Å²) in [5.41, 5.74) is 0.655. The van der Waals surface area contributed by atoms with E-state index in [0.717, 1.165) is 25.1 Å². The molecule has 1 aromatic carbocycles. The number of carbonyl (C=O) groups is 1. The van der Waals surface area contributed by atoms with Gasteiger partial charge in [0.1, 0.15) is 5.75 Å². The van der Waals surface area contributed by atoms with Crippen LogP contribution in [0.2, 0.25) is 0 Å². The lowest BCUT2D eigenvalue weighted by molar-refractivity contribution is 0.0677. The van der Waals surface area contributed by atoms with Crippen molar-refractivity contribution in [1.82, 2.24) is 4.90 Å². The lowest BCUT2D eigenvalue weighted by Gasteiger charge is -2.23. The van der Waals surface area contributed by atoms with E-state index in [1.54, 1.807) is 17.0 Å². The normalized spacial score (nSPS) is 18.6. The predicted molar refractivity (Wildman–Crippen MR) is 77.9 cm³/mol. The van der Waals surface area contributed by atoms with E-state index in [9.17, 15) is 9.90 Å². The van der Waals surface area contributed by atoms with Crippen LogP contribution in [0.4, 0.5) is 0 Å². The first-order valence-corrected chi connectivity index (χ1v) is 7.26. The van der Waals surface area contributed by atoms with Gasteiger partial charge in [-0.05, 0) is 43.0 Å². The van der Waals surface area contributed by atoms with Crippen LogP contribution in [0.1, 0.15) is 37.0 Å². The molecule has 4 heteroatoms. The maximum absolute atomic E-state index is 12.4. The van der Waals surface area contributed by atoms with Crippen molar-refractivity contribution < 1.29 is 14.6 Å². The third kappa shape index (κ3) is 3.51. The van der Waals surface area contributed by atoms with E-state index in [2.05, 4.69) is 13.8 Å². The highest BCUT2D eigenvalue weighted by molar-refractivity contribution is 5.94. The number of amides is 1. The van der Waals surface area contributed by atoms with Gasteiger partial charge >= 0.3 is 0 Å². The van der Waals surface area contributed by atoms with Crippen molar-refractivity contribution in [3.63, 3.8) is 0 Å². The molecule has 20 heavy (non-hydrogen) atoms. The van der Waals surface area contributed by atoms with Gasteiger partial charge < -0.3 is 14.7 Å². The number of rotatable bonds is 5. The van der Waals surface area contributed by atoms with Crippen LogP contribution in [-0.4, -0.2) is 41.7 Å². The van der Waals surface area contributed by atoms with Crippen LogP contribution < -0.4 is 4.74 Å². The SMILES string of the molecule is CC(C)COc1ccc(C(=O)N2CCCC2CO)cc1. The average molecular weight is 277 g/mol. The summed E-state index contributed by atoms with van der Waals surface area (Å²) in [4.78, 5) is 14.1. The fourth-order valence-corrected chi connectivity index (χ4v) is 2.42. The average Bonchev–Trinajstić information content (AvgIpc) is 2.93. The molecule has 1 unspecified atom stereocenters. The van der Waals surface area contributed by atoms with E-state index in [-0.39, 0.29) is 18.6 Å². The molecular weight excluding hydrogens is 254 g/mol. The van der Waals surface area contributed by atoms with Gasteiger partial charge in [0.05, 0.1) is 19.3 Å². The van der Waals surface area contributed by atoms with Crippen molar-refractivity contribution in [3.05, 3.63) is 29.8 Å². The van der Waals surface area contributed by atoms with Gasteiger partial charge in [0, 0.05) is 12.1 Å². The Labute approximate surface area is 120 Å². The third-order valence-electron chi connectivity index (χ3n) is 3.53. The van der Waals surface area contributed by atoms with Crippen LogP contribution in [-0.2, 0) is 0 Å². The molecule has 0 saturated carbocycles. The number of benzene rings is 1. The molecule has 1 amide bonds. The third-order valence-corrected chi connectivity index (χ3v) is 3.53. The first kappa shape index (κ1) is 14.9. The predicted octanol–water partition coefficient (Wildman–Crippen LogP) is 2.32. The summed E-state index contributed by atoms with van der Waals surface area (Å²) in [7, 11) is 0. The summed E-state index contributed by atoms with van der Waals surface area (Å²) in [5, 5.41) is 9.28. The van der Waals surface area contributed by atoms with Crippen molar-refractivity contribution in [3.8, 4) is 5.75 Å². The molecule has 1 heterocycles. The van der Waals surface area contributed by atoms with Crippen LogP contribution in [0, 0.1) is 5.92 Å². The number of hydrogen-bond donors (Lipinski definition) is 1. The van der Waals surface area contributed by atoms with E-state index in [1.807, 2.05) is 12.1 Å². The lowest BCUT2D eigenvalue weighted by atomic mass is 10.1. The largest absolute Gasteiger partial charge is 0.493 e. The second kappa shape index (κ2) is 6.75. The molecule has 0 bridgehead atoms. The van der Waals surface area contributed by atoms with E-state index >= 15 is 0 Å². The molecule has 2 rings (SSSR count). The minimum Gasteiger partial charge on any atom is -0.493 e. The number of aliphatic hydroxyl groups excluding tert-OH is 1. The summed E-state index contributed by atoms with van der Waals surface area (Å²) in [6, 6.07) is 7.23. The Hall–Kier alpha value is -1.55. The molecular formula is C16H23NO3. The molecule has 1 atom stereocenters. The van der Waals surface area contributed by atoms with Gasteiger partial charge in [-0.3, -0.25) is 4.79 Å². The Morgan fingerprint density at radius 3 is 2.70 bits per heavy atom. The number of likely N-dealkylation sites (tertiary alicyclic amines) is 1. The van der Waals surface area contributed by atoms with Gasteiger partial charge in [-0.15, -0.1) is 0 Å². The van der Waals surface area contributed by atoms with Gasteiger partial charge in [-0.2, -0.15) is 0 Å². The standard InChI is InChI=1S/C16H23NO3/c1-12(2)11-20-15-7-5-13(6-8-15)16(19)17-9-3-4-14(17)10-18/h5-8,12,14,18H,3-4,9-11H2,1-2H3. The Kier molecular flexibility index (Phi) is 5.01. The van der Waals surface area contributed by atoms with Crippen LogP contribution in [0.3, 0.4) is 0 Å².